The van der Waals surface area contributed by atoms with Gasteiger partial charge in [-0.2, -0.15) is 0 Å². The summed E-state index contributed by atoms with van der Waals surface area (Å²) in [6.45, 7) is 7.12. The molecule has 182 valence electrons. The standard InChI is InChI=1S/C16H19N3O.C11H10.2CH2O/c1-18-15-7-3-6-14(9-15)16(20)19-11-13-5-2-4-12(8-13)10-17;1-9-6-7-10-4-2-3-5-11(10)8-9;2*1-2/h2-9,18H,10-11,17H2,1H3,(H,19,20);2-8H,1H3;2*1H2. The van der Waals surface area contributed by atoms with Gasteiger partial charge in [-0.3, -0.25) is 4.79 Å². The quantitative estimate of drug-likeness (QED) is 0.384. The molecule has 0 spiro atoms. The van der Waals surface area contributed by atoms with Crippen LogP contribution in [0.15, 0.2) is 91.0 Å². The lowest BCUT2D eigenvalue weighted by Crippen LogP contribution is -2.22. The summed E-state index contributed by atoms with van der Waals surface area (Å²) in [5.74, 6) is -0.0831. The summed E-state index contributed by atoms with van der Waals surface area (Å²) in [5.41, 5.74) is 10.6. The number of benzene rings is 4. The van der Waals surface area contributed by atoms with E-state index >= 15 is 0 Å². The number of fused-ring (bicyclic) bond motifs is 1. The van der Waals surface area contributed by atoms with E-state index in [1.807, 2.05) is 63.1 Å². The van der Waals surface area contributed by atoms with Crippen LogP contribution in [0.3, 0.4) is 0 Å². The molecular weight excluding hydrogens is 438 g/mol. The van der Waals surface area contributed by atoms with Gasteiger partial charge in [-0.25, -0.2) is 0 Å². The highest BCUT2D eigenvalue weighted by Crippen LogP contribution is 2.14. The van der Waals surface area contributed by atoms with Gasteiger partial charge in [0, 0.05) is 31.4 Å². The van der Waals surface area contributed by atoms with Crippen molar-refractivity contribution in [2.24, 2.45) is 5.73 Å². The van der Waals surface area contributed by atoms with Crippen LogP contribution < -0.4 is 16.4 Å². The summed E-state index contributed by atoms with van der Waals surface area (Å²) in [6, 6.07) is 30.2. The number of carbonyl (C=O) groups excluding carboxylic acids is 3. The van der Waals surface area contributed by atoms with Crippen LogP contribution >= 0.6 is 0 Å². The molecule has 0 saturated carbocycles. The van der Waals surface area contributed by atoms with E-state index in [1.54, 1.807) is 6.07 Å². The largest absolute Gasteiger partial charge is 0.388 e. The Morgan fingerprint density at radius 3 is 2.11 bits per heavy atom. The lowest BCUT2D eigenvalue weighted by atomic mass is 10.1. The van der Waals surface area contributed by atoms with E-state index in [-0.39, 0.29) is 5.91 Å². The number of nitrogens with two attached hydrogens (primary N) is 1. The molecule has 6 nitrogen and oxygen atoms in total. The van der Waals surface area contributed by atoms with Gasteiger partial charge in [-0.1, -0.05) is 78.4 Å². The molecule has 0 heterocycles. The summed E-state index contributed by atoms with van der Waals surface area (Å²) in [7, 11) is 1.83. The van der Waals surface area contributed by atoms with Crippen LogP contribution in [0.2, 0.25) is 0 Å². The molecule has 4 N–H and O–H groups in total. The fraction of sp³-hybridized carbons (Fsp3) is 0.138. The predicted molar refractivity (Wildman–Crippen MR) is 144 cm³/mol. The Kier molecular flexibility index (Phi) is 13.4. The van der Waals surface area contributed by atoms with Gasteiger partial charge in [0.1, 0.15) is 13.6 Å². The van der Waals surface area contributed by atoms with Crippen molar-refractivity contribution in [1.82, 2.24) is 5.32 Å². The van der Waals surface area contributed by atoms with Crippen molar-refractivity contribution < 1.29 is 14.4 Å². The zero-order chi connectivity index (χ0) is 26.1. The molecule has 0 fully saturated rings. The van der Waals surface area contributed by atoms with Crippen LogP contribution in [-0.2, 0) is 22.7 Å². The number of rotatable bonds is 5. The predicted octanol–water partition coefficient (Wildman–Crippen LogP) is 4.90. The second-order valence-corrected chi connectivity index (χ2v) is 7.39. The van der Waals surface area contributed by atoms with E-state index in [2.05, 4.69) is 60.0 Å². The molecule has 4 aromatic carbocycles. The second kappa shape index (κ2) is 16.3. The molecule has 4 aromatic rings. The maximum absolute atomic E-state index is 12.1. The van der Waals surface area contributed by atoms with Gasteiger partial charge in [-0.05, 0) is 47.0 Å². The Hall–Kier alpha value is -4.29. The van der Waals surface area contributed by atoms with Crippen LogP contribution in [-0.4, -0.2) is 26.5 Å². The summed E-state index contributed by atoms with van der Waals surface area (Å²) in [4.78, 5) is 28.1. The van der Waals surface area contributed by atoms with Crippen molar-refractivity contribution in [2.75, 3.05) is 12.4 Å². The monoisotopic (exact) mass is 471 g/mol. The minimum absolute atomic E-state index is 0.0831. The zero-order valence-corrected chi connectivity index (χ0v) is 20.3. The molecule has 0 bridgehead atoms. The Balaban J connectivity index is 0.000000343. The molecule has 0 unspecified atom stereocenters. The zero-order valence-electron chi connectivity index (χ0n) is 20.3. The molecule has 0 aliphatic rings. The smallest absolute Gasteiger partial charge is 0.251 e. The van der Waals surface area contributed by atoms with E-state index in [0.717, 1.165) is 16.8 Å². The van der Waals surface area contributed by atoms with Crippen LogP contribution in [0.4, 0.5) is 5.69 Å². The first kappa shape index (κ1) is 28.7. The third kappa shape index (κ3) is 9.61. The minimum atomic E-state index is -0.0831. The molecular formula is C29H33N3O3. The number of carbonyl (C=O) groups is 3. The number of amides is 1. The number of anilines is 1. The maximum Gasteiger partial charge on any atom is 0.251 e. The van der Waals surface area contributed by atoms with Crippen molar-refractivity contribution in [1.29, 1.82) is 0 Å². The molecule has 0 aliphatic heterocycles. The van der Waals surface area contributed by atoms with Gasteiger partial charge in [0.05, 0.1) is 0 Å². The van der Waals surface area contributed by atoms with Gasteiger partial charge < -0.3 is 26.0 Å². The summed E-state index contributed by atoms with van der Waals surface area (Å²) < 4.78 is 0. The van der Waals surface area contributed by atoms with Crippen molar-refractivity contribution in [3.05, 3.63) is 113 Å². The summed E-state index contributed by atoms with van der Waals surface area (Å²) >= 11 is 0. The fourth-order valence-electron chi connectivity index (χ4n) is 3.28. The summed E-state index contributed by atoms with van der Waals surface area (Å²) in [5, 5.41) is 8.57. The second-order valence-electron chi connectivity index (χ2n) is 7.39. The van der Waals surface area contributed by atoms with Crippen LogP contribution in [0.25, 0.3) is 10.8 Å². The first-order valence-corrected chi connectivity index (χ1v) is 11.0. The van der Waals surface area contributed by atoms with E-state index < -0.39 is 0 Å². The molecule has 0 aromatic heterocycles. The van der Waals surface area contributed by atoms with Gasteiger partial charge in [0.15, 0.2) is 0 Å². The van der Waals surface area contributed by atoms with E-state index in [9.17, 15) is 4.79 Å². The molecule has 35 heavy (non-hydrogen) atoms. The molecule has 0 saturated heterocycles. The van der Waals surface area contributed by atoms with Crippen LogP contribution in [0.1, 0.15) is 27.0 Å². The molecule has 1 amide bonds. The Morgan fingerprint density at radius 1 is 0.771 bits per heavy atom. The first-order valence-electron chi connectivity index (χ1n) is 11.0. The van der Waals surface area contributed by atoms with Crippen LogP contribution in [0, 0.1) is 6.92 Å². The summed E-state index contributed by atoms with van der Waals surface area (Å²) in [6.07, 6.45) is 0. The average Bonchev–Trinajstić information content (AvgIpc) is 2.94. The Morgan fingerprint density at radius 2 is 1.43 bits per heavy atom. The van der Waals surface area contributed by atoms with E-state index in [0.29, 0.717) is 18.7 Å². The highest BCUT2D eigenvalue weighted by Gasteiger charge is 2.05. The third-order valence-electron chi connectivity index (χ3n) is 5.00. The van der Waals surface area contributed by atoms with Gasteiger partial charge >= 0.3 is 0 Å². The molecule has 0 radical (unpaired) electrons. The van der Waals surface area contributed by atoms with Gasteiger partial charge in [-0.15, -0.1) is 0 Å². The minimum Gasteiger partial charge on any atom is -0.388 e. The lowest BCUT2D eigenvalue weighted by Gasteiger charge is -2.08. The Bertz CT molecular complexity index is 1190. The molecule has 0 aliphatic carbocycles. The number of aryl methyl sites for hydroxylation is 1. The van der Waals surface area contributed by atoms with Crippen LogP contribution in [0.5, 0.6) is 0 Å². The number of hydrogen-bond donors (Lipinski definition) is 3. The highest BCUT2D eigenvalue weighted by atomic mass is 16.1. The number of nitrogens with one attached hydrogen (secondary N) is 2. The van der Waals surface area contributed by atoms with E-state index in [1.165, 1.54) is 16.3 Å². The maximum atomic E-state index is 12.1. The number of hydrogen-bond acceptors (Lipinski definition) is 5. The Labute approximate surface area is 207 Å². The topological polar surface area (TPSA) is 101 Å². The normalized spacial score (nSPS) is 9.23. The van der Waals surface area contributed by atoms with Crippen molar-refractivity contribution >= 4 is 35.9 Å². The first-order chi connectivity index (χ1) is 17.1. The average molecular weight is 472 g/mol. The highest BCUT2D eigenvalue weighted by molar-refractivity contribution is 5.95. The molecule has 6 heteroatoms. The van der Waals surface area contributed by atoms with E-state index in [4.69, 9.17) is 15.3 Å². The van der Waals surface area contributed by atoms with Gasteiger partial charge in [0.2, 0.25) is 0 Å². The molecule has 0 atom stereocenters. The third-order valence-corrected chi connectivity index (χ3v) is 5.00. The molecule has 4 rings (SSSR count). The lowest BCUT2D eigenvalue weighted by molar-refractivity contribution is -0.0987. The fourth-order valence-corrected chi connectivity index (χ4v) is 3.28. The van der Waals surface area contributed by atoms with Crippen molar-refractivity contribution in [3.8, 4) is 0 Å². The van der Waals surface area contributed by atoms with Crippen molar-refractivity contribution in [2.45, 2.75) is 20.0 Å². The van der Waals surface area contributed by atoms with Gasteiger partial charge in [0.25, 0.3) is 5.91 Å². The SMILES string of the molecule is C=O.C=O.CNc1cccc(C(=O)NCc2cccc(CN)c2)c1.Cc1ccc2ccccc2c1. The van der Waals surface area contributed by atoms with Crippen molar-refractivity contribution in [3.63, 3.8) is 0 Å².